The number of carbonyl (C=O) groups excluding carboxylic acids is 2. The summed E-state index contributed by atoms with van der Waals surface area (Å²) in [6, 6.07) is 17.0. The number of nitrogens with one attached hydrogen (secondary N) is 2. The molecule has 172 valence electrons. The van der Waals surface area contributed by atoms with Crippen LogP contribution >= 0.6 is 11.6 Å². The molecule has 0 bridgehead atoms. The quantitative estimate of drug-likeness (QED) is 0.393. The summed E-state index contributed by atoms with van der Waals surface area (Å²) in [7, 11) is 0. The highest BCUT2D eigenvalue weighted by atomic mass is 35.5. The number of rotatable bonds is 6. The number of benzene rings is 3. The third kappa shape index (κ3) is 6.49. The highest BCUT2D eigenvalue weighted by molar-refractivity contribution is 6.30. The first-order valence-electron chi connectivity index (χ1n) is 10.5. The summed E-state index contributed by atoms with van der Waals surface area (Å²) in [6.07, 6.45) is 0. The van der Waals surface area contributed by atoms with E-state index in [1.165, 1.54) is 12.1 Å². The normalized spacial score (nSPS) is 11.1. The van der Waals surface area contributed by atoms with Gasteiger partial charge in [-0.25, -0.2) is 0 Å². The number of hydrogen-bond acceptors (Lipinski definition) is 4. The minimum Gasteiger partial charge on any atom is -0.506 e. The molecule has 0 saturated carbocycles. The average Bonchev–Trinajstić information content (AvgIpc) is 2.74. The zero-order valence-electron chi connectivity index (χ0n) is 19.0. The Labute approximate surface area is 198 Å². The summed E-state index contributed by atoms with van der Waals surface area (Å²) in [4.78, 5) is 24.7. The number of ether oxygens (including phenoxy) is 1. The Morgan fingerprint density at radius 2 is 1.67 bits per heavy atom. The lowest BCUT2D eigenvalue weighted by atomic mass is 9.87. The van der Waals surface area contributed by atoms with Crippen LogP contribution in [0.5, 0.6) is 11.5 Å². The van der Waals surface area contributed by atoms with Crippen LogP contribution in [0.3, 0.4) is 0 Å². The molecule has 2 amide bonds. The van der Waals surface area contributed by atoms with Crippen molar-refractivity contribution >= 4 is 34.8 Å². The van der Waals surface area contributed by atoms with Crippen LogP contribution in [0.1, 0.15) is 42.3 Å². The topological polar surface area (TPSA) is 87.7 Å². The summed E-state index contributed by atoms with van der Waals surface area (Å²) in [5.74, 6) is -0.332. The van der Waals surface area contributed by atoms with E-state index in [1.54, 1.807) is 36.4 Å². The second-order valence-electron chi connectivity index (χ2n) is 8.76. The van der Waals surface area contributed by atoms with Crippen LogP contribution in [0.2, 0.25) is 5.02 Å². The van der Waals surface area contributed by atoms with E-state index in [0.717, 1.165) is 11.1 Å². The van der Waals surface area contributed by atoms with Crippen molar-refractivity contribution in [2.24, 2.45) is 0 Å². The molecule has 0 unspecified atom stereocenters. The van der Waals surface area contributed by atoms with E-state index in [9.17, 15) is 14.7 Å². The van der Waals surface area contributed by atoms with Gasteiger partial charge in [0.2, 0.25) is 0 Å². The Hall–Kier alpha value is -3.51. The van der Waals surface area contributed by atoms with E-state index in [-0.39, 0.29) is 35.3 Å². The Balaban J connectivity index is 1.59. The molecule has 0 saturated heterocycles. The molecule has 3 aromatic carbocycles. The SMILES string of the molecule is Cc1cc(Cl)ccc1OCC(=O)Nc1ccc(NC(=O)c2ccc(C(C)(C)C)cc2)c(O)c1. The zero-order chi connectivity index (χ0) is 24.2. The van der Waals surface area contributed by atoms with Gasteiger partial charge >= 0.3 is 0 Å². The smallest absolute Gasteiger partial charge is 0.262 e. The Kier molecular flexibility index (Phi) is 7.29. The van der Waals surface area contributed by atoms with Gasteiger partial charge in [0.25, 0.3) is 11.8 Å². The number of phenols is 1. The van der Waals surface area contributed by atoms with Gasteiger partial charge in [0.1, 0.15) is 11.5 Å². The molecule has 3 rings (SSSR count). The van der Waals surface area contributed by atoms with Crippen LogP contribution in [-0.4, -0.2) is 23.5 Å². The van der Waals surface area contributed by atoms with Crippen LogP contribution in [0.4, 0.5) is 11.4 Å². The second kappa shape index (κ2) is 9.96. The van der Waals surface area contributed by atoms with E-state index in [0.29, 0.717) is 22.0 Å². The minimum absolute atomic E-state index is 0.00771. The van der Waals surface area contributed by atoms with Crippen molar-refractivity contribution in [3.63, 3.8) is 0 Å². The number of aryl methyl sites for hydroxylation is 1. The van der Waals surface area contributed by atoms with Crippen molar-refractivity contribution in [2.45, 2.75) is 33.1 Å². The molecule has 0 heterocycles. The Morgan fingerprint density at radius 3 is 2.27 bits per heavy atom. The van der Waals surface area contributed by atoms with Gasteiger partial charge in [0, 0.05) is 22.3 Å². The molecular weight excluding hydrogens is 440 g/mol. The molecule has 0 atom stereocenters. The van der Waals surface area contributed by atoms with Gasteiger partial charge < -0.3 is 20.5 Å². The molecule has 0 radical (unpaired) electrons. The average molecular weight is 467 g/mol. The predicted octanol–water partition coefficient (Wildman–Crippen LogP) is 5.92. The molecule has 0 fully saturated rings. The number of halogens is 1. The maximum atomic E-state index is 12.5. The molecule has 0 aliphatic rings. The number of carbonyl (C=O) groups is 2. The summed E-state index contributed by atoms with van der Waals surface area (Å²) in [6.45, 7) is 7.94. The number of aromatic hydroxyl groups is 1. The second-order valence-corrected chi connectivity index (χ2v) is 9.20. The zero-order valence-corrected chi connectivity index (χ0v) is 19.8. The van der Waals surface area contributed by atoms with Gasteiger partial charge in [-0.15, -0.1) is 0 Å². The maximum absolute atomic E-state index is 12.5. The van der Waals surface area contributed by atoms with Gasteiger partial charge in [-0.1, -0.05) is 44.5 Å². The summed E-state index contributed by atoms with van der Waals surface area (Å²) in [5.41, 5.74) is 3.03. The summed E-state index contributed by atoms with van der Waals surface area (Å²) < 4.78 is 5.52. The number of amides is 2. The predicted molar refractivity (Wildman–Crippen MR) is 132 cm³/mol. The monoisotopic (exact) mass is 466 g/mol. The van der Waals surface area contributed by atoms with Crippen molar-refractivity contribution in [3.8, 4) is 11.5 Å². The molecule has 3 N–H and O–H groups in total. The number of phenolic OH excluding ortho intramolecular Hbond substituents is 1. The fraction of sp³-hybridized carbons (Fsp3) is 0.231. The first-order chi connectivity index (χ1) is 15.5. The molecule has 0 aliphatic carbocycles. The van der Waals surface area contributed by atoms with E-state index in [1.807, 2.05) is 19.1 Å². The number of anilines is 2. The summed E-state index contributed by atoms with van der Waals surface area (Å²) >= 11 is 5.92. The van der Waals surface area contributed by atoms with Crippen LogP contribution in [0.25, 0.3) is 0 Å². The first-order valence-corrected chi connectivity index (χ1v) is 10.8. The van der Waals surface area contributed by atoms with Crippen molar-refractivity contribution in [1.29, 1.82) is 0 Å². The van der Waals surface area contributed by atoms with E-state index >= 15 is 0 Å². The van der Waals surface area contributed by atoms with Crippen LogP contribution in [-0.2, 0) is 10.2 Å². The molecule has 7 heteroatoms. The van der Waals surface area contributed by atoms with E-state index in [4.69, 9.17) is 16.3 Å². The molecule has 3 aromatic rings. The highest BCUT2D eigenvalue weighted by Crippen LogP contribution is 2.28. The van der Waals surface area contributed by atoms with Crippen molar-refractivity contribution in [1.82, 2.24) is 0 Å². The highest BCUT2D eigenvalue weighted by Gasteiger charge is 2.15. The first kappa shape index (κ1) is 24.1. The fourth-order valence-corrected chi connectivity index (χ4v) is 3.37. The van der Waals surface area contributed by atoms with Crippen molar-refractivity contribution in [2.75, 3.05) is 17.2 Å². The molecule has 0 spiro atoms. The van der Waals surface area contributed by atoms with E-state index in [2.05, 4.69) is 31.4 Å². The number of hydrogen-bond donors (Lipinski definition) is 3. The van der Waals surface area contributed by atoms with Crippen LogP contribution in [0.15, 0.2) is 60.7 Å². The van der Waals surface area contributed by atoms with E-state index < -0.39 is 0 Å². The minimum atomic E-state index is -0.389. The third-order valence-corrected chi connectivity index (χ3v) is 5.27. The molecule has 33 heavy (non-hydrogen) atoms. The Morgan fingerprint density at radius 1 is 0.970 bits per heavy atom. The van der Waals surface area contributed by atoms with Crippen molar-refractivity contribution < 1.29 is 19.4 Å². The molecule has 6 nitrogen and oxygen atoms in total. The van der Waals surface area contributed by atoms with Gasteiger partial charge in [-0.05, 0) is 65.9 Å². The van der Waals surface area contributed by atoms with Gasteiger partial charge in [-0.2, -0.15) is 0 Å². The largest absolute Gasteiger partial charge is 0.506 e. The Bertz CT molecular complexity index is 1170. The molecular formula is C26H27ClN2O4. The van der Waals surface area contributed by atoms with Crippen molar-refractivity contribution in [3.05, 3.63) is 82.4 Å². The third-order valence-electron chi connectivity index (χ3n) is 5.04. The lowest BCUT2D eigenvalue weighted by Crippen LogP contribution is -2.20. The lowest BCUT2D eigenvalue weighted by Gasteiger charge is -2.19. The van der Waals surface area contributed by atoms with Gasteiger partial charge in [-0.3, -0.25) is 9.59 Å². The van der Waals surface area contributed by atoms with Gasteiger partial charge in [0.15, 0.2) is 6.61 Å². The molecule has 0 aromatic heterocycles. The van der Waals surface area contributed by atoms with Gasteiger partial charge in [0.05, 0.1) is 5.69 Å². The standard InChI is InChI=1S/C26H27ClN2O4/c1-16-13-19(27)9-12-23(16)33-15-24(31)28-20-10-11-21(22(30)14-20)29-25(32)17-5-7-18(8-6-17)26(2,3)4/h5-14,30H,15H2,1-4H3,(H,28,31)(H,29,32). The lowest BCUT2D eigenvalue weighted by molar-refractivity contribution is -0.118. The fourth-order valence-electron chi connectivity index (χ4n) is 3.15. The summed E-state index contributed by atoms with van der Waals surface area (Å²) in [5, 5.41) is 16.2. The maximum Gasteiger partial charge on any atom is 0.262 e. The van der Waals surface area contributed by atoms with Crippen LogP contribution in [0, 0.1) is 6.92 Å². The molecule has 0 aliphatic heterocycles. The van der Waals surface area contributed by atoms with Crippen LogP contribution < -0.4 is 15.4 Å².